The van der Waals surface area contributed by atoms with E-state index in [9.17, 15) is 9.50 Å². The van der Waals surface area contributed by atoms with Crippen molar-refractivity contribution in [3.63, 3.8) is 0 Å². The fraction of sp³-hybridized carbons (Fsp3) is 0.214. The van der Waals surface area contributed by atoms with Crippen molar-refractivity contribution in [3.05, 3.63) is 54.1 Å². The number of pyridine rings is 1. The Labute approximate surface area is 105 Å². The van der Waals surface area contributed by atoms with Crippen molar-refractivity contribution in [1.29, 1.82) is 0 Å². The van der Waals surface area contributed by atoms with Gasteiger partial charge in [0, 0.05) is 0 Å². The van der Waals surface area contributed by atoms with E-state index in [0.717, 1.165) is 0 Å². The van der Waals surface area contributed by atoms with E-state index < -0.39 is 6.10 Å². The van der Waals surface area contributed by atoms with E-state index in [-0.39, 0.29) is 5.82 Å². The Balaban J connectivity index is 2.08. The lowest BCUT2D eigenvalue weighted by Gasteiger charge is -2.08. The maximum atomic E-state index is 12.7. The van der Waals surface area contributed by atoms with Gasteiger partial charge in [0.15, 0.2) is 0 Å². The van der Waals surface area contributed by atoms with Crippen molar-refractivity contribution >= 4 is 0 Å². The van der Waals surface area contributed by atoms with Crippen molar-refractivity contribution in [3.8, 4) is 11.5 Å². The number of aromatic nitrogens is 1. The Morgan fingerprint density at radius 3 is 2.39 bits per heavy atom. The molecule has 0 aliphatic carbocycles. The normalized spacial score (nSPS) is 12.2. The topological polar surface area (TPSA) is 42.4 Å². The second kappa shape index (κ2) is 5.60. The Kier molecular flexibility index (Phi) is 3.89. The van der Waals surface area contributed by atoms with Crippen molar-refractivity contribution in [2.24, 2.45) is 0 Å². The minimum absolute atomic E-state index is 0.304. The first-order valence-corrected chi connectivity index (χ1v) is 5.76. The van der Waals surface area contributed by atoms with Gasteiger partial charge < -0.3 is 9.84 Å². The third-order valence-electron chi connectivity index (χ3n) is 2.54. The summed E-state index contributed by atoms with van der Waals surface area (Å²) in [4.78, 5) is 4.11. The summed E-state index contributed by atoms with van der Waals surface area (Å²) in [7, 11) is 0. The fourth-order valence-electron chi connectivity index (χ4n) is 1.50. The third kappa shape index (κ3) is 3.05. The summed E-state index contributed by atoms with van der Waals surface area (Å²) in [6.07, 6.45) is 1.60. The van der Waals surface area contributed by atoms with Crippen LogP contribution in [0.1, 0.15) is 25.1 Å². The monoisotopic (exact) mass is 247 g/mol. The van der Waals surface area contributed by atoms with Crippen LogP contribution in [-0.2, 0) is 0 Å². The Bertz CT molecular complexity index is 496. The van der Waals surface area contributed by atoms with Gasteiger partial charge in [-0.3, -0.25) is 4.98 Å². The summed E-state index contributed by atoms with van der Waals surface area (Å²) in [6, 6.07) is 9.20. The first-order chi connectivity index (χ1) is 8.69. The van der Waals surface area contributed by atoms with Crippen LogP contribution in [0.2, 0.25) is 0 Å². The number of rotatable bonds is 4. The molecular weight excluding hydrogens is 233 g/mol. The molecule has 0 aliphatic heterocycles. The molecule has 4 heteroatoms. The number of aliphatic hydroxyl groups excluding tert-OH is 1. The van der Waals surface area contributed by atoms with Crippen LogP contribution in [0.15, 0.2) is 42.6 Å². The SMILES string of the molecule is CC[C@H](O)c1ccc(Oc2ccc(F)cc2)cn1. The standard InChI is InChI=1S/C14H14FNO2/c1-2-14(17)13-8-7-12(9-16-13)18-11-5-3-10(15)4-6-11/h3-9,14,17H,2H2,1H3/t14-/m0/s1. The van der Waals surface area contributed by atoms with Gasteiger partial charge in [0.1, 0.15) is 17.3 Å². The van der Waals surface area contributed by atoms with E-state index in [1.54, 1.807) is 24.3 Å². The fourth-order valence-corrected chi connectivity index (χ4v) is 1.50. The molecule has 0 bridgehead atoms. The Hall–Kier alpha value is -1.94. The van der Waals surface area contributed by atoms with Crippen LogP contribution in [-0.4, -0.2) is 10.1 Å². The number of aliphatic hydroxyl groups is 1. The number of hydrogen-bond donors (Lipinski definition) is 1. The van der Waals surface area contributed by atoms with Crippen LogP contribution < -0.4 is 4.74 Å². The zero-order valence-electron chi connectivity index (χ0n) is 10.0. The van der Waals surface area contributed by atoms with Crippen molar-refractivity contribution < 1.29 is 14.2 Å². The minimum Gasteiger partial charge on any atom is -0.456 e. The average molecular weight is 247 g/mol. The lowest BCUT2D eigenvalue weighted by Crippen LogP contribution is -1.98. The maximum Gasteiger partial charge on any atom is 0.145 e. The van der Waals surface area contributed by atoms with Gasteiger partial charge in [-0.1, -0.05) is 6.92 Å². The van der Waals surface area contributed by atoms with E-state index in [1.165, 1.54) is 18.3 Å². The molecule has 0 spiro atoms. The maximum absolute atomic E-state index is 12.7. The lowest BCUT2D eigenvalue weighted by molar-refractivity contribution is 0.169. The van der Waals surface area contributed by atoms with Crippen LogP contribution in [0.4, 0.5) is 4.39 Å². The zero-order valence-corrected chi connectivity index (χ0v) is 10.0. The number of halogens is 1. The van der Waals surface area contributed by atoms with Gasteiger partial charge in [-0.15, -0.1) is 0 Å². The van der Waals surface area contributed by atoms with E-state index >= 15 is 0 Å². The first-order valence-electron chi connectivity index (χ1n) is 5.76. The summed E-state index contributed by atoms with van der Waals surface area (Å²) in [5.41, 5.74) is 0.615. The molecule has 3 nitrogen and oxygen atoms in total. The molecule has 94 valence electrons. The van der Waals surface area contributed by atoms with E-state index in [2.05, 4.69) is 4.98 Å². The highest BCUT2D eigenvalue weighted by atomic mass is 19.1. The highest BCUT2D eigenvalue weighted by Gasteiger charge is 2.06. The van der Waals surface area contributed by atoms with E-state index in [1.807, 2.05) is 6.92 Å². The molecule has 0 unspecified atom stereocenters. The van der Waals surface area contributed by atoms with Crippen LogP contribution in [0.25, 0.3) is 0 Å². The molecule has 0 fully saturated rings. The molecule has 0 radical (unpaired) electrons. The molecule has 2 aromatic rings. The van der Waals surface area contributed by atoms with Gasteiger partial charge >= 0.3 is 0 Å². The highest BCUT2D eigenvalue weighted by molar-refractivity contribution is 5.30. The first kappa shape index (κ1) is 12.5. The van der Waals surface area contributed by atoms with Crippen LogP contribution in [0.5, 0.6) is 11.5 Å². The van der Waals surface area contributed by atoms with Gasteiger partial charge in [-0.05, 0) is 42.8 Å². The number of ether oxygens (including phenoxy) is 1. The number of hydrogen-bond acceptors (Lipinski definition) is 3. The van der Waals surface area contributed by atoms with Crippen molar-refractivity contribution in [2.75, 3.05) is 0 Å². The van der Waals surface area contributed by atoms with Crippen LogP contribution in [0, 0.1) is 5.82 Å². The average Bonchev–Trinajstić information content (AvgIpc) is 2.41. The summed E-state index contributed by atoms with van der Waals surface area (Å²) < 4.78 is 18.2. The summed E-state index contributed by atoms with van der Waals surface area (Å²) in [5, 5.41) is 9.60. The van der Waals surface area contributed by atoms with E-state index in [4.69, 9.17) is 4.74 Å². The van der Waals surface area contributed by atoms with Gasteiger partial charge in [-0.25, -0.2) is 4.39 Å². The summed E-state index contributed by atoms with van der Waals surface area (Å²) >= 11 is 0. The second-order valence-corrected chi connectivity index (χ2v) is 3.90. The highest BCUT2D eigenvalue weighted by Crippen LogP contribution is 2.22. The predicted octanol–water partition coefficient (Wildman–Crippen LogP) is 3.46. The number of nitrogens with zero attached hydrogens (tertiary/aromatic N) is 1. The van der Waals surface area contributed by atoms with Crippen LogP contribution in [0.3, 0.4) is 0 Å². The van der Waals surface area contributed by atoms with Gasteiger partial charge in [0.25, 0.3) is 0 Å². The molecule has 1 heterocycles. The lowest BCUT2D eigenvalue weighted by atomic mass is 10.2. The Morgan fingerprint density at radius 1 is 1.17 bits per heavy atom. The smallest absolute Gasteiger partial charge is 0.145 e. The van der Waals surface area contributed by atoms with Crippen molar-refractivity contribution in [2.45, 2.75) is 19.4 Å². The molecule has 0 saturated heterocycles. The molecule has 1 aromatic heterocycles. The van der Waals surface area contributed by atoms with Crippen LogP contribution >= 0.6 is 0 Å². The zero-order chi connectivity index (χ0) is 13.0. The van der Waals surface area contributed by atoms with Gasteiger partial charge in [0.2, 0.25) is 0 Å². The predicted molar refractivity (Wildman–Crippen MR) is 66.0 cm³/mol. The van der Waals surface area contributed by atoms with Gasteiger partial charge in [0.05, 0.1) is 18.0 Å². The largest absolute Gasteiger partial charge is 0.456 e. The number of benzene rings is 1. The molecule has 0 aliphatic rings. The molecule has 1 N–H and O–H groups in total. The van der Waals surface area contributed by atoms with Gasteiger partial charge in [-0.2, -0.15) is 0 Å². The summed E-state index contributed by atoms with van der Waals surface area (Å²) in [5.74, 6) is 0.789. The third-order valence-corrected chi connectivity index (χ3v) is 2.54. The summed E-state index contributed by atoms with van der Waals surface area (Å²) in [6.45, 7) is 1.88. The molecule has 18 heavy (non-hydrogen) atoms. The van der Waals surface area contributed by atoms with Crippen molar-refractivity contribution in [1.82, 2.24) is 4.98 Å². The van der Waals surface area contributed by atoms with E-state index in [0.29, 0.717) is 23.6 Å². The molecule has 1 atom stereocenters. The quantitative estimate of drug-likeness (QED) is 0.899. The molecule has 2 rings (SSSR count). The Morgan fingerprint density at radius 2 is 1.83 bits per heavy atom. The molecule has 0 amide bonds. The molecular formula is C14H14FNO2. The molecule has 0 saturated carbocycles. The second-order valence-electron chi connectivity index (χ2n) is 3.90. The minimum atomic E-state index is -0.551. The molecule has 1 aromatic carbocycles.